The maximum Gasteiger partial charge on any atom is 0.259 e. The number of carbonyl (C=O) groups is 2. The summed E-state index contributed by atoms with van der Waals surface area (Å²) in [5.41, 5.74) is 7.79. The van der Waals surface area contributed by atoms with Crippen LogP contribution >= 0.6 is 11.3 Å². The molecule has 1 heterocycles. The zero-order valence-electron chi connectivity index (χ0n) is 24.4. The molecule has 41 heavy (non-hydrogen) atoms. The summed E-state index contributed by atoms with van der Waals surface area (Å²) in [4.78, 5) is 30.4. The van der Waals surface area contributed by atoms with E-state index in [1.54, 1.807) is 18.2 Å². The zero-order valence-corrected chi connectivity index (χ0v) is 25.2. The van der Waals surface area contributed by atoms with Crippen molar-refractivity contribution in [2.24, 2.45) is 5.73 Å². The van der Waals surface area contributed by atoms with E-state index in [-0.39, 0.29) is 11.8 Å². The molecule has 0 aliphatic rings. The van der Waals surface area contributed by atoms with Crippen molar-refractivity contribution in [3.8, 4) is 0 Å². The number of amides is 2. The standard InChI is InChI=1S/C28H45N5O7S/c1-4-5-26-21(2)31-28(41-26)33-27(35)24-7-6-23(20-25(24)32-22(3)34)30-9-11-37-13-15-39-17-19-40-18-16-38-14-12-36-10-8-29/h6-7,20,30H,4-5,8-19,29H2,1-3H3,(H,32,34)(H,31,33,35). The SMILES string of the molecule is CCCc1sc(NC(=O)c2ccc(NCCOCCOCCOCCOCCOCCN)cc2NC(C)=O)nc1C. The monoisotopic (exact) mass is 595 g/mol. The van der Waals surface area contributed by atoms with Gasteiger partial charge in [-0.1, -0.05) is 13.3 Å². The van der Waals surface area contributed by atoms with Crippen LogP contribution in [0.3, 0.4) is 0 Å². The second kappa shape index (κ2) is 21.1. The number of carbonyl (C=O) groups excluding carboxylic acids is 2. The molecule has 0 aliphatic heterocycles. The summed E-state index contributed by atoms with van der Waals surface area (Å²) < 4.78 is 27.1. The fourth-order valence-electron chi connectivity index (χ4n) is 3.58. The fourth-order valence-corrected chi connectivity index (χ4v) is 4.64. The largest absolute Gasteiger partial charge is 0.383 e. The molecule has 230 valence electrons. The highest BCUT2D eigenvalue weighted by Crippen LogP contribution is 2.26. The van der Waals surface area contributed by atoms with Gasteiger partial charge in [0.05, 0.1) is 83.0 Å². The van der Waals surface area contributed by atoms with Crippen molar-refractivity contribution in [3.63, 3.8) is 0 Å². The number of hydrogen-bond acceptors (Lipinski definition) is 11. The van der Waals surface area contributed by atoms with E-state index >= 15 is 0 Å². The highest BCUT2D eigenvalue weighted by atomic mass is 32.1. The molecule has 2 rings (SSSR count). The molecular weight excluding hydrogens is 550 g/mol. The van der Waals surface area contributed by atoms with E-state index in [0.29, 0.717) is 95.5 Å². The van der Waals surface area contributed by atoms with Crippen LogP contribution in [-0.2, 0) is 34.9 Å². The number of hydrogen-bond donors (Lipinski definition) is 4. The van der Waals surface area contributed by atoms with Crippen molar-refractivity contribution < 1.29 is 33.3 Å². The summed E-state index contributed by atoms with van der Waals surface area (Å²) in [5, 5.41) is 9.40. The lowest BCUT2D eigenvalue weighted by atomic mass is 10.1. The first kappa shape index (κ1) is 34.6. The molecule has 12 nitrogen and oxygen atoms in total. The van der Waals surface area contributed by atoms with E-state index < -0.39 is 0 Å². The summed E-state index contributed by atoms with van der Waals surface area (Å²) >= 11 is 1.48. The highest BCUT2D eigenvalue weighted by Gasteiger charge is 2.16. The molecule has 0 bridgehead atoms. The minimum Gasteiger partial charge on any atom is -0.383 e. The van der Waals surface area contributed by atoms with Gasteiger partial charge in [-0.25, -0.2) is 4.98 Å². The molecule has 0 fully saturated rings. The average Bonchev–Trinajstić information content (AvgIpc) is 3.28. The maximum absolute atomic E-state index is 13.0. The molecule has 0 saturated carbocycles. The lowest BCUT2D eigenvalue weighted by Crippen LogP contribution is -2.17. The highest BCUT2D eigenvalue weighted by molar-refractivity contribution is 7.15. The number of nitrogens with one attached hydrogen (secondary N) is 3. The third-order valence-electron chi connectivity index (χ3n) is 5.49. The van der Waals surface area contributed by atoms with Gasteiger partial charge < -0.3 is 40.1 Å². The van der Waals surface area contributed by atoms with Gasteiger partial charge in [0, 0.05) is 30.6 Å². The molecule has 5 N–H and O–H groups in total. The van der Waals surface area contributed by atoms with Crippen LogP contribution in [0, 0.1) is 6.92 Å². The second-order valence-electron chi connectivity index (χ2n) is 8.95. The number of nitrogens with zero attached hydrogens (tertiary/aromatic N) is 1. The molecule has 0 radical (unpaired) electrons. The molecule has 0 aliphatic carbocycles. The van der Waals surface area contributed by atoms with Crippen LogP contribution in [0.2, 0.25) is 0 Å². The minimum atomic E-state index is -0.330. The van der Waals surface area contributed by atoms with E-state index in [9.17, 15) is 9.59 Å². The van der Waals surface area contributed by atoms with Crippen molar-refractivity contribution in [2.45, 2.75) is 33.6 Å². The Labute approximate surface area is 246 Å². The van der Waals surface area contributed by atoms with E-state index in [1.165, 1.54) is 18.3 Å². The summed E-state index contributed by atoms with van der Waals surface area (Å²) in [7, 11) is 0. The predicted octanol–water partition coefficient (Wildman–Crippen LogP) is 3.07. The molecule has 13 heteroatoms. The Kier molecular flexibility index (Phi) is 17.8. The Hall–Kier alpha value is -2.65. The van der Waals surface area contributed by atoms with E-state index in [2.05, 4.69) is 27.9 Å². The Balaban J connectivity index is 1.63. The fraction of sp³-hybridized carbons (Fsp3) is 0.607. The number of aryl methyl sites for hydroxylation is 2. The summed E-state index contributed by atoms with van der Waals surface area (Å²) in [6.07, 6.45) is 1.93. The topological polar surface area (TPSA) is 155 Å². The third-order valence-corrected chi connectivity index (χ3v) is 6.62. The van der Waals surface area contributed by atoms with Gasteiger partial charge in [-0.2, -0.15) is 0 Å². The number of anilines is 3. The Bertz CT molecular complexity index is 1040. The first-order chi connectivity index (χ1) is 19.9. The van der Waals surface area contributed by atoms with Crippen LogP contribution in [0.15, 0.2) is 18.2 Å². The van der Waals surface area contributed by atoms with Gasteiger partial charge in [0.2, 0.25) is 5.91 Å². The normalized spacial score (nSPS) is 11.0. The van der Waals surface area contributed by atoms with Crippen molar-refractivity contribution in [3.05, 3.63) is 34.3 Å². The van der Waals surface area contributed by atoms with Crippen LogP contribution in [0.25, 0.3) is 0 Å². The Morgan fingerprint density at radius 1 is 0.878 bits per heavy atom. The quantitative estimate of drug-likeness (QED) is 0.141. The lowest BCUT2D eigenvalue weighted by molar-refractivity contribution is -0.114. The Morgan fingerprint density at radius 2 is 1.46 bits per heavy atom. The van der Waals surface area contributed by atoms with E-state index in [0.717, 1.165) is 29.1 Å². The molecular formula is C28H45N5O7S. The second-order valence-corrected chi connectivity index (χ2v) is 10.0. The van der Waals surface area contributed by atoms with Gasteiger partial charge >= 0.3 is 0 Å². The smallest absolute Gasteiger partial charge is 0.259 e. The summed E-state index contributed by atoms with van der Waals surface area (Å²) in [5.74, 6) is -0.596. The molecule has 2 amide bonds. The number of rotatable bonds is 23. The van der Waals surface area contributed by atoms with Crippen molar-refractivity contribution >= 4 is 39.7 Å². The number of thiazole rings is 1. The van der Waals surface area contributed by atoms with E-state index in [1.807, 2.05) is 6.92 Å². The lowest BCUT2D eigenvalue weighted by Gasteiger charge is -2.13. The Morgan fingerprint density at radius 3 is 2.02 bits per heavy atom. The van der Waals surface area contributed by atoms with Gasteiger partial charge in [-0.3, -0.25) is 14.9 Å². The van der Waals surface area contributed by atoms with E-state index in [4.69, 9.17) is 29.4 Å². The van der Waals surface area contributed by atoms with Crippen LogP contribution in [-0.4, -0.2) is 96.0 Å². The molecule has 0 saturated heterocycles. The average molecular weight is 596 g/mol. The molecule has 1 aromatic heterocycles. The third kappa shape index (κ3) is 14.7. The maximum atomic E-state index is 13.0. The van der Waals surface area contributed by atoms with Gasteiger partial charge in [0.15, 0.2) is 5.13 Å². The van der Waals surface area contributed by atoms with Crippen molar-refractivity contribution in [2.75, 3.05) is 95.1 Å². The molecule has 0 unspecified atom stereocenters. The first-order valence-corrected chi connectivity index (χ1v) is 14.8. The minimum absolute atomic E-state index is 0.266. The van der Waals surface area contributed by atoms with Crippen LogP contribution in [0.1, 0.15) is 41.2 Å². The number of ether oxygens (including phenoxy) is 5. The van der Waals surface area contributed by atoms with Crippen molar-refractivity contribution in [1.82, 2.24) is 4.98 Å². The molecule has 0 spiro atoms. The van der Waals surface area contributed by atoms with Gasteiger partial charge in [-0.05, 0) is 31.5 Å². The van der Waals surface area contributed by atoms with Gasteiger partial charge in [0.25, 0.3) is 5.91 Å². The number of aromatic nitrogens is 1. The number of benzene rings is 1. The first-order valence-electron chi connectivity index (χ1n) is 14.0. The van der Waals surface area contributed by atoms with Gasteiger partial charge in [0.1, 0.15) is 0 Å². The van der Waals surface area contributed by atoms with Gasteiger partial charge in [-0.15, -0.1) is 11.3 Å². The van der Waals surface area contributed by atoms with Crippen LogP contribution in [0.4, 0.5) is 16.5 Å². The number of nitrogens with two attached hydrogens (primary N) is 1. The predicted molar refractivity (Wildman–Crippen MR) is 161 cm³/mol. The molecule has 0 atom stereocenters. The van der Waals surface area contributed by atoms with Crippen molar-refractivity contribution in [1.29, 1.82) is 0 Å². The zero-order chi connectivity index (χ0) is 29.7. The summed E-state index contributed by atoms with van der Waals surface area (Å²) in [6, 6.07) is 5.20. The summed E-state index contributed by atoms with van der Waals surface area (Å²) in [6.45, 7) is 11.5. The molecule has 2 aromatic rings. The van der Waals surface area contributed by atoms with Crippen LogP contribution in [0.5, 0.6) is 0 Å². The van der Waals surface area contributed by atoms with Crippen LogP contribution < -0.4 is 21.7 Å². The molecule has 1 aromatic carbocycles.